The van der Waals surface area contributed by atoms with Gasteiger partial charge in [-0.15, -0.1) is 11.3 Å². The molecule has 2 rings (SSSR count). The normalized spacial score (nSPS) is 10.5. The average Bonchev–Trinajstić information content (AvgIpc) is 2.65. The number of carbonyl (C=O) groups is 1. The first-order valence-corrected chi connectivity index (χ1v) is 6.62. The molecule has 3 nitrogen and oxygen atoms in total. The summed E-state index contributed by atoms with van der Waals surface area (Å²) >= 11 is 1.65. The first-order chi connectivity index (χ1) is 8.99. The zero-order valence-electron chi connectivity index (χ0n) is 10.7. The van der Waals surface area contributed by atoms with Crippen molar-refractivity contribution < 1.29 is 14.3 Å². The Hall–Kier alpha value is -1.88. The van der Waals surface area contributed by atoms with Crippen LogP contribution in [0.2, 0.25) is 0 Å². The lowest BCUT2D eigenvalue weighted by atomic mass is 10.1. The van der Waals surface area contributed by atoms with Gasteiger partial charge in [0.1, 0.15) is 11.4 Å². The topological polar surface area (TPSA) is 49.3 Å². The van der Waals surface area contributed by atoms with Gasteiger partial charge in [0, 0.05) is 16.3 Å². The number of hydrogen-bond acceptors (Lipinski definition) is 3. The average molecular weight is 279 g/mol. The van der Waals surface area contributed by atoms with E-state index in [2.05, 4.69) is 5.32 Å². The van der Waals surface area contributed by atoms with Crippen molar-refractivity contribution in [1.82, 2.24) is 0 Å². The van der Waals surface area contributed by atoms with E-state index >= 15 is 0 Å². The summed E-state index contributed by atoms with van der Waals surface area (Å²) in [5.41, 5.74) is 1.20. The number of thiophene rings is 1. The molecule has 0 amide bonds. The minimum absolute atomic E-state index is 0.302. The Morgan fingerprint density at radius 1 is 1.42 bits per heavy atom. The van der Waals surface area contributed by atoms with Crippen LogP contribution < -0.4 is 5.32 Å². The van der Waals surface area contributed by atoms with Gasteiger partial charge in [0.2, 0.25) is 0 Å². The van der Waals surface area contributed by atoms with Crippen LogP contribution in [0.15, 0.2) is 24.3 Å². The van der Waals surface area contributed by atoms with Gasteiger partial charge in [0.05, 0.1) is 5.69 Å². The Bertz CT molecular complexity index is 602. The highest BCUT2D eigenvalue weighted by Crippen LogP contribution is 2.24. The van der Waals surface area contributed by atoms with Gasteiger partial charge < -0.3 is 10.4 Å². The lowest BCUT2D eigenvalue weighted by Crippen LogP contribution is -2.08. The molecule has 0 saturated carbocycles. The molecule has 0 bridgehead atoms. The Morgan fingerprint density at radius 2 is 2.16 bits per heavy atom. The van der Waals surface area contributed by atoms with E-state index in [1.165, 1.54) is 16.5 Å². The summed E-state index contributed by atoms with van der Waals surface area (Å²) in [5.74, 6) is -1.99. The van der Waals surface area contributed by atoms with E-state index in [1.807, 2.05) is 19.9 Å². The second kappa shape index (κ2) is 5.40. The van der Waals surface area contributed by atoms with Crippen LogP contribution in [-0.4, -0.2) is 11.1 Å². The maximum absolute atomic E-state index is 13.5. The monoisotopic (exact) mass is 279 g/mol. The predicted octanol–water partition coefficient (Wildman–Crippen LogP) is 3.81. The molecule has 1 aromatic carbocycles. The third-order valence-electron chi connectivity index (χ3n) is 2.90. The van der Waals surface area contributed by atoms with Crippen molar-refractivity contribution in [2.24, 2.45) is 0 Å². The molecule has 100 valence electrons. The fourth-order valence-corrected chi connectivity index (χ4v) is 2.80. The van der Waals surface area contributed by atoms with Crippen LogP contribution in [-0.2, 0) is 6.54 Å². The van der Waals surface area contributed by atoms with Crippen molar-refractivity contribution in [1.29, 1.82) is 0 Å². The molecule has 0 fully saturated rings. The van der Waals surface area contributed by atoms with Crippen molar-refractivity contribution >= 4 is 23.0 Å². The number of rotatable bonds is 4. The van der Waals surface area contributed by atoms with Crippen molar-refractivity contribution in [2.75, 3.05) is 5.32 Å². The number of benzene rings is 1. The van der Waals surface area contributed by atoms with Crippen LogP contribution in [0.25, 0.3) is 0 Å². The SMILES string of the molecule is Cc1cc(CNc2cccc(F)c2C(=O)O)sc1C. The number of aromatic carboxylic acids is 1. The van der Waals surface area contributed by atoms with Gasteiger partial charge in [-0.1, -0.05) is 6.07 Å². The molecule has 0 unspecified atom stereocenters. The largest absolute Gasteiger partial charge is 0.478 e. The lowest BCUT2D eigenvalue weighted by molar-refractivity contribution is 0.0693. The molecule has 19 heavy (non-hydrogen) atoms. The maximum Gasteiger partial charge on any atom is 0.340 e. The molecule has 5 heteroatoms. The molecule has 1 heterocycles. The predicted molar refractivity (Wildman–Crippen MR) is 74.5 cm³/mol. The highest BCUT2D eigenvalue weighted by atomic mass is 32.1. The standard InChI is InChI=1S/C14H14FNO2S/c1-8-6-10(19-9(8)2)7-16-12-5-3-4-11(15)13(12)14(17)18/h3-6,16H,7H2,1-2H3,(H,17,18). The Labute approximate surface area is 114 Å². The van der Waals surface area contributed by atoms with E-state index in [4.69, 9.17) is 5.11 Å². The quantitative estimate of drug-likeness (QED) is 0.894. The number of halogens is 1. The zero-order valence-corrected chi connectivity index (χ0v) is 11.5. The summed E-state index contributed by atoms with van der Waals surface area (Å²) in [4.78, 5) is 13.4. The van der Waals surface area contributed by atoms with Crippen molar-refractivity contribution in [3.05, 3.63) is 51.0 Å². The number of anilines is 1. The molecule has 0 saturated heterocycles. The minimum Gasteiger partial charge on any atom is -0.478 e. The molecule has 0 aliphatic rings. The number of hydrogen-bond donors (Lipinski definition) is 2. The van der Waals surface area contributed by atoms with Gasteiger partial charge in [-0.3, -0.25) is 0 Å². The molecule has 0 spiro atoms. The fourth-order valence-electron chi connectivity index (χ4n) is 1.81. The molecule has 2 N–H and O–H groups in total. The van der Waals surface area contributed by atoms with Crippen LogP contribution in [0.1, 0.15) is 25.7 Å². The third-order valence-corrected chi connectivity index (χ3v) is 4.05. The van der Waals surface area contributed by atoms with E-state index in [0.717, 1.165) is 10.9 Å². The van der Waals surface area contributed by atoms with Gasteiger partial charge in [0.25, 0.3) is 0 Å². The molecule has 0 atom stereocenters. The summed E-state index contributed by atoms with van der Waals surface area (Å²) in [7, 11) is 0. The smallest absolute Gasteiger partial charge is 0.340 e. The van der Waals surface area contributed by atoms with E-state index < -0.39 is 11.8 Å². The summed E-state index contributed by atoms with van der Waals surface area (Å²) in [6, 6.07) is 6.26. The van der Waals surface area contributed by atoms with Gasteiger partial charge in [0.15, 0.2) is 0 Å². The Kier molecular flexibility index (Phi) is 3.85. The zero-order chi connectivity index (χ0) is 14.0. The minimum atomic E-state index is -1.26. The third kappa shape index (κ3) is 2.93. The molecular weight excluding hydrogens is 265 g/mol. The number of carboxylic acids is 1. The molecule has 2 aromatic rings. The molecule has 1 aromatic heterocycles. The number of aryl methyl sites for hydroxylation is 2. The van der Waals surface area contributed by atoms with Crippen LogP contribution in [0.5, 0.6) is 0 Å². The first kappa shape index (κ1) is 13.5. The van der Waals surface area contributed by atoms with Gasteiger partial charge in [-0.05, 0) is 37.6 Å². The van der Waals surface area contributed by atoms with E-state index in [1.54, 1.807) is 17.4 Å². The van der Waals surface area contributed by atoms with Crippen LogP contribution in [0, 0.1) is 19.7 Å². The van der Waals surface area contributed by atoms with Crippen LogP contribution in [0.3, 0.4) is 0 Å². The maximum atomic E-state index is 13.5. The summed E-state index contributed by atoms with van der Waals surface area (Å²) < 4.78 is 13.5. The molecule has 0 radical (unpaired) electrons. The van der Waals surface area contributed by atoms with Gasteiger partial charge in [-0.25, -0.2) is 9.18 Å². The van der Waals surface area contributed by atoms with Crippen molar-refractivity contribution in [3.63, 3.8) is 0 Å². The molecule has 0 aliphatic carbocycles. The highest BCUT2D eigenvalue weighted by molar-refractivity contribution is 7.12. The van der Waals surface area contributed by atoms with Crippen molar-refractivity contribution in [2.45, 2.75) is 20.4 Å². The summed E-state index contributed by atoms with van der Waals surface area (Å²) in [6.45, 7) is 4.55. The van der Waals surface area contributed by atoms with Gasteiger partial charge in [-0.2, -0.15) is 0 Å². The lowest BCUT2D eigenvalue weighted by Gasteiger charge is -2.09. The van der Waals surface area contributed by atoms with Crippen LogP contribution in [0.4, 0.5) is 10.1 Å². The second-order valence-corrected chi connectivity index (χ2v) is 5.61. The van der Waals surface area contributed by atoms with E-state index in [0.29, 0.717) is 12.2 Å². The van der Waals surface area contributed by atoms with Gasteiger partial charge >= 0.3 is 5.97 Å². The Morgan fingerprint density at radius 3 is 2.74 bits per heavy atom. The van der Waals surface area contributed by atoms with E-state index in [-0.39, 0.29) is 5.56 Å². The van der Waals surface area contributed by atoms with Crippen molar-refractivity contribution in [3.8, 4) is 0 Å². The summed E-state index contributed by atoms with van der Waals surface area (Å²) in [5, 5.41) is 12.0. The number of carboxylic acid groups (broad SMARTS) is 1. The van der Waals surface area contributed by atoms with Crippen LogP contribution >= 0.6 is 11.3 Å². The summed E-state index contributed by atoms with van der Waals surface area (Å²) in [6.07, 6.45) is 0. The highest BCUT2D eigenvalue weighted by Gasteiger charge is 2.15. The molecule has 0 aliphatic heterocycles. The first-order valence-electron chi connectivity index (χ1n) is 5.80. The molecular formula is C14H14FNO2S. The fraction of sp³-hybridized carbons (Fsp3) is 0.214. The number of nitrogens with one attached hydrogen (secondary N) is 1. The second-order valence-electron chi connectivity index (χ2n) is 4.27. The van der Waals surface area contributed by atoms with E-state index in [9.17, 15) is 9.18 Å². The Balaban J connectivity index is 2.20.